The van der Waals surface area contributed by atoms with Crippen LogP contribution in [0.1, 0.15) is 18.9 Å². The van der Waals surface area contributed by atoms with Crippen LogP contribution in [-0.2, 0) is 16.1 Å². The van der Waals surface area contributed by atoms with Gasteiger partial charge in [-0.3, -0.25) is 9.59 Å². The summed E-state index contributed by atoms with van der Waals surface area (Å²) >= 11 is 0. The van der Waals surface area contributed by atoms with Crippen molar-refractivity contribution in [2.45, 2.75) is 19.9 Å². The third kappa shape index (κ3) is 3.32. The van der Waals surface area contributed by atoms with Gasteiger partial charge in [0.2, 0.25) is 5.91 Å². The Labute approximate surface area is 129 Å². The molecule has 2 rings (SSSR count). The van der Waals surface area contributed by atoms with Crippen molar-refractivity contribution in [3.63, 3.8) is 0 Å². The maximum Gasteiger partial charge on any atom is 0.303 e. The van der Waals surface area contributed by atoms with E-state index < -0.39 is 5.97 Å². The molecule has 22 heavy (non-hydrogen) atoms. The van der Waals surface area contributed by atoms with Crippen LogP contribution in [0.3, 0.4) is 0 Å². The molecule has 6 heteroatoms. The molecule has 0 radical (unpaired) electrons. The average molecular weight is 307 g/mol. The van der Waals surface area contributed by atoms with Gasteiger partial charge in [-0.1, -0.05) is 6.92 Å². The predicted molar refractivity (Wildman–Crippen MR) is 79.9 cm³/mol. The van der Waals surface area contributed by atoms with E-state index in [-0.39, 0.29) is 24.2 Å². The van der Waals surface area contributed by atoms with Crippen LogP contribution in [0.15, 0.2) is 18.2 Å². The third-order valence-corrected chi connectivity index (χ3v) is 4.16. The van der Waals surface area contributed by atoms with Crippen molar-refractivity contribution in [3.8, 4) is 11.5 Å². The highest BCUT2D eigenvalue weighted by atomic mass is 16.5. The minimum atomic E-state index is -0.867. The summed E-state index contributed by atoms with van der Waals surface area (Å²) < 4.78 is 10.5. The number of carbonyl (C=O) groups is 2. The van der Waals surface area contributed by atoms with Crippen LogP contribution < -0.4 is 9.47 Å². The molecule has 0 aromatic heterocycles. The molecule has 1 N–H and O–H groups in total. The van der Waals surface area contributed by atoms with Gasteiger partial charge in [-0.05, 0) is 18.1 Å². The molecular formula is C16H21NO5. The Morgan fingerprint density at radius 1 is 1.36 bits per heavy atom. The zero-order valence-corrected chi connectivity index (χ0v) is 13.0. The molecule has 2 atom stereocenters. The Morgan fingerprint density at radius 2 is 2.09 bits per heavy atom. The highest BCUT2D eigenvalue weighted by molar-refractivity contribution is 5.82. The van der Waals surface area contributed by atoms with Crippen LogP contribution in [-0.4, -0.2) is 42.6 Å². The Hall–Kier alpha value is -2.24. The minimum Gasteiger partial charge on any atom is -0.497 e. The van der Waals surface area contributed by atoms with Gasteiger partial charge in [-0.2, -0.15) is 0 Å². The van der Waals surface area contributed by atoms with E-state index in [0.717, 1.165) is 5.56 Å². The molecule has 1 heterocycles. The quantitative estimate of drug-likeness (QED) is 0.867. The van der Waals surface area contributed by atoms with E-state index in [1.807, 2.05) is 12.1 Å². The summed E-state index contributed by atoms with van der Waals surface area (Å²) in [4.78, 5) is 24.9. The number of nitrogens with zero attached hydrogens (tertiary/aromatic N) is 1. The van der Waals surface area contributed by atoms with Crippen molar-refractivity contribution in [3.05, 3.63) is 23.8 Å². The minimum absolute atomic E-state index is 0.0101. The molecule has 120 valence electrons. The van der Waals surface area contributed by atoms with Gasteiger partial charge in [0.1, 0.15) is 11.5 Å². The summed E-state index contributed by atoms with van der Waals surface area (Å²) in [6.45, 7) is 2.66. The first-order valence-corrected chi connectivity index (χ1v) is 7.17. The molecule has 0 aliphatic carbocycles. The number of aliphatic carboxylic acids is 1. The van der Waals surface area contributed by atoms with Gasteiger partial charge >= 0.3 is 5.97 Å². The second-order valence-electron chi connectivity index (χ2n) is 5.54. The van der Waals surface area contributed by atoms with E-state index in [0.29, 0.717) is 24.6 Å². The summed E-state index contributed by atoms with van der Waals surface area (Å²) in [6.07, 6.45) is 0.0170. The first-order chi connectivity index (χ1) is 10.5. The number of hydrogen-bond acceptors (Lipinski definition) is 4. The molecule has 0 bridgehead atoms. The normalized spacial score (nSPS) is 21.0. The number of hydrogen-bond donors (Lipinski definition) is 1. The first-order valence-electron chi connectivity index (χ1n) is 7.17. The van der Waals surface area contributed by atoms with E-state index >= 15 is 0 Å². The van der Waals surface area contributed by atoms with E-state index in [1.54, 1.807) is 32.1 Å². The molecule has 0 spiro atoms. The smallest absolute Gasteiger partial charge is 0.303 e. The number of ether oxygens (including phenoxy) is 2. The van der Waals surface area contributed by atoms with Crippen molar-refractivity contribution in [2.75, 3.05) is 20.8 Å². The lowest BCUT2D eigenvalue weighted by atomic mass is 9.94. The van der Waals surface area contributed by atoms with Gasteiger partial charge in [0.05, 0.1) is 20.6 Å². The summed E-state index contributed by atoms with van der Waals surface area (Å²) in [6, 6.07) is 5.45. The van der Waals surface area contributed by atoms with E-state index in [1.165, 1.54) is 0 Å². The molecule has 1 unspecified atom stereocenters. The molecule has 1 amide bonds. The fourth-order valence-electron chi connectivity index (χ4n) is 2.82. The lowest BCUT2D eigenvalue weighted by Gasteiger charge is -2.18. The van der Waals surface area contributed by atoms with Crippen molar-refractivity contribution in [1.82, 2.24) is 4.90 Å². The SMILES string of the molecule is COc1ccc(CN2CC(CC(=O)O)[C@@H](C)C2=O)c(OC)c1. The maximum atomic E-state index is 12.3. The average Bonchev–Trinajstić information content (AvgIpc) is 2.75. The van der Waals surface area contributed by atoms with Crippen molar-refractivity contribution < 1.29 is 24.2 Å². The van der Waals surface area contributed by atoms with Gasteiger partial charge < -0.3 is 19.5 Å². The fourth-order valence-corrected chi connectivity index (χ4v) is 2.82. The molecule has 1 aliphatic rings. The van der Waals surface area contributed by atoms with Crippen molar-refractivity contribution in [2.24, 2.45) is 11.8 Å². The molecule has 1 aliphatic heterocycles. The maximum absolute atomic E-state index is 12.3. The zero-order valence-electron chi connectivity index (χ0n) is 13.0. The van der Waals surface area contributed by atoms with Crippen molar-refractivity contribution >= 4 is 11.9 Å². The van der Waals surface area contributed by atoms with Gasteiger partial charge in [0.25, 0.3) is 0 Å². The molecule has 1 aromatic carbocycles. The lowest BCUT2D eigenvalue weighted by Crippen LogP contribution is -2.26. The highest BCUT2D eigenvalue weighted by Crippen LogP contribution is 2.31. The second-order valence-corrected chi connectivity index (χ2v) is 5.54. The Bertz CT molecular complexity index is 572. The number of methoxy groups -OCH3 is 2. The predicted octanol–water partition coefficient (Wildman–Crippen LogP) is 1.77. The molecule has 0 saturated carbocycles. The summed E-state index contributed by atoms with van der Waals surface area (Å²) in [7, 11) is 3.15. The van der Waals surface area contributed by atoms with E-state index in [4.69, 9.17) is 14.6 Å². The van der Waals surface area contributed by atoms with Crippen LogP contribution in [0.4, 0.5) is 0 Å². The molecule has 6 nitrogen and oxygen atoms in total. The summed E-state index contributed by atoms with van der Waals surface area (Å²) in [5, 5.41) is 8.93. The Kier molecular flexibility index (Phi) is 4.90. The number of carbonyl (C=O) groups excluding carboxylic acids is 1. The summed E-state index contributed by atoms with van der Waals surface area (Å²) in [5.41, 5.74) is 0.875. The van der Waals surface area contributed by atoms with Crippen LogP contribution in [0.5, 0.6) is 11.5 Å². The Balaban J connectivity index is 2.14. The van der Waals surface area contributed by atoms with E-state index in [2.05, 4.69) is 0 Å². The number of rotatable bonds is 6. The van der Waals surface area contributed by atoms with Gasteiger partial charge in [-0.25, -0.2) is 0 Å². The fraction of sp³-hybridized carbons (Fsp3) is 0.500. The topological polar surface area (TPSA) is 76.1 Å². The molecule has 1 fully saturated rings. The number of carboxylic acid groups (broad SMARTS) is 1. The Morgan fingerprint density at radius 3 is 2.68 bits per heavy atom. The van der Waals surface area contributed by atoms with Gasteiger partial charge in [0, 0.05) is 30.6 Å². The number of likely N-dealkylation sites (tertiary alicyclic amines) is 1. The lowest BCUT2D eigenvalue weighted by molar-refractivity contribution is -0.138. The molecule has 1 aromatic rings. The summed E-state index contributed by atoms with van der Waals surface area (Å²) in [5.74, 6) is 0.0548. The molecular weight excluding hydrogens is 286 g/mol. The van der Waals surface area contributed by atoms with Crippen LogP contribution >= 0.6 is 0 Å². The number of amides is 1. The number of carboxylic acids is 1. The second kappa shape index (κ2) is 6.68. The van der Waals surface area contributed by atoms with Gasteiger partial charge in [0.15, 0.2) is 0 Å². The zero-order chi connectivity index (χ0) is 16.3. The number of benzene rings is 1. The third-order valence-electron chi connectivity index (χ3n) is 4.16. The van der Waals surface area contributed by atoms with Gasteiger partial charge in [-0.15, -0.1) is 0 Å². The highest BCUT2D eigenvalue weighted by Gasteiger charge is 2.38. The first kappa shape index (κ1) is 16.1. The monoisotopic (exact) mass is 307 g/mol. The van der Waals surface area contributed by atoms with Crippen LogP contribution in [0, 0.1) is 11.8 Å². The van der Waals surface area contributed by atoms with Crippen LogP contribution in [0.2, 0.25) is 0 Å². The standard InChI is InChI=1S/C16H21NO5/c1-10-12(6-15(18)19)9-17(16(10)20)8-11-4-5-13(21-2)7-14(11)22-3/h4-5,7,10,12H,6,8-9H2,1-3H3,(H,18,19)/t10-,12?/m1/s1. The molecule has 1 saturated heterocycles. The van der Waals surface area contributed by atoms with E-state index in [9.17, 15) is 9.59 Å². The van der Waals surface area contributed by atoms with Crippen LogP contribution in [0.25, 0.3) is 0 Å². The largest absolute Gasteiger partial charge is 0.497 e. The van der Waals surface area contributed by atoms with Crippen molar-refractivity contribution in [1.29, 1.82) is 0 Å².